The zero-order valence-corrected chi connectivity index (χ0v) is 14.7. The SMILES string of the molecule is COc1ccc(C(=O)COC(=O)[C@H]2CS[C@@]3(C)CCC(=O)N23)cc1F. The van der Waals surface area contributed by atoms with Gasteiger partial charge in [-0.05, 0) is 31.5 Å². The van der Waals surface area contributed by atoms with Crippen molar-refractivity contribution >= 4 is 29.4 Å². The molecule has 2 fully saturated rings. The molecule has 0 unspecified atom stereocenters. The van der Waals surface area contributed by atoms with Crippen molar-refractivity contribution in [2.24, 2.45) is 0 Å². The van der Waals surface area contributed by atoms with Gasteiger partial charge in [-0.1, -0.05) is 0 Å². The molecule has 3 rings (SSSR count). The first-order valence-corrected chi connectivity index (χ1v) is 8.84. The standard InChI is InChI=1S/C17H18FNO5S/c1-17-6-5-15(21)19(17)12(9-25-17)16(22)24-8-13(20)10-3-4-14(23-2)11(18)7-10/h3-4,7,12H,5-6,8-9H2,1-2H3/t12-,17+/m1/s1. The molecule has 0 radical (unpaired) electrons. The van der Waals surface area contributed by atoms with Gasteiger partial charge < -0.3 is 14.4 Å². The Morgan fingerprint density at radius 2 is 2.20 bits per heavy atom. The number of halogens is 1. The molecule has 2 heterocycles. The van der Waals surface area contributed by atoms with E-state index in [0.717, 1.165) is 6.07 Å². The van der Waals surface area contributed by atoms with Crippen molar-refractivity contribution in [1.29, 1.82) is 0 Å². The Kier molecular flexibility index (Phi) is 4.73. The summed E-state index contributed by atoms with van der Waals surface area (Å²) >= 11 is 1.55. The number of nitrogens with zero attached hydrogens (tertiary/aromatic N) is 1. The maximum atomic E-state index is 13.7. The van der Waals surface area contributed by atoms with E-state index in [-0.39, 0.29) is 22.1 Å². The first-order chi connectivity index (χ1) is 11.9. The number of amides is 1. The maximum Gasteiger partial charge on any atom is 0.330 e. The van der Waals surface area contributed by atoms with Gasteiger partial charge in [-0.15, -0.1) is 11.8 Å². The number of benzene rings is 1. The highest BCUT2D eigenvalue weighted by atomic mass is 32.2. The highest BCUT2D eigenvalue weighted by molar-refractivity contribution is 8.01. The predicted octanol–water partition coefficient (Wildman–Crippen LogP) is 2.01. The Morgan fingerprint density at radius 1 is 1.44 bits per heavy atom. The second kappa shape index (κ2) is 6.67. The zero-order valence-electron chi connectivity index (χ0n) is 13.9. The van der Waals surface area contributed by atoms with Crippen molar-refractivity contribution < 1.29 is 28.2 Å². The molecule has 1 amide bonds. The first kappa shape index (κ1) is 17.7. The average Bonchev–Trinajstić information content (AvgIpc) is 3.08. The number of rotatable bonds is 5. The zero-order chi connectivity index (χ0) is 18.2. The Balaban J connectivity index is 1.62. The molecule has 2 saturated heterocycles. The molecule has 0 saturated carbocycles. The second-order valence-electron chi connectivity index (χ2n) is 6.15. The van der Waals surface area contributed by atoms with Crippen LogP contribution in [0.3, 0.4) is 0 Å². The first-order valence-electron chi connectivity index (χ1n) is 7.85. The lowest BCUT2D eigenvalue weighted by Crippen LogP contribution is -2.46. The van der Waals surface area contributed by atoms with Gasteiger partial charge in [-0.25, -0.2) is 9.18 Å². The molecule has 0 N–H and O–H groups in total. The third-order valence-electron chi connectivity index (χ3n) is 4.54. The molecule has 134 valence electrons. The molecule has 0 aromatic heterocycles. The number of fused-ring (bicyclic) bond motifs is 1. The highest BCUT2D eigenvalue weighted by Gasteiger charge is 2.53. The van der Waals surface area contributed by atoms with Crippen LogP contribution in [0.5, 0.6) is 5.75 Å². The lowest BCUT2D eigenvalue weighted by atomic mass is 10.1. The summed E-state index contributed by atoms with van der Waals surface area (Å²) in [5.74, 6) is -1.37. The Hall–Kier alpha value is -2.09. The van der Waals surface area contributed by atoms with Crippen LogP contribution in [-0.4, -0.2) is 52.9 Å². The quantitative estimate of drug-likeness (QED) is 0.586. The molecule has 0 bridgehead atoms. The minimum absolute atomic E-state index is 0.0309. The molecule has 2 aliphatic rings. The fourth-order valence-electron chi connectivity index (χ4n) is 3.15. The van der Waals surface area contributed by atoms with Crippen molar-refractivity contribution in [2.45, 2.75) is 30.7 Å². The van der Waals surface area contributed by atoms with E-state index in [9.17, 15) is 18.8 Å². The number of Topliss-reactive ketones (excluding diaryl/α,β-unsaturated/α-hetero) is 1. The molecule has 0 aliphatic carbocycles. The Labute approximate surface area is 148 Å². The number of carbonyl (C=O) groups excluding carboxylic acids is 3. The molecule has 2 atom stereocenters. The number of carbonyl (C=O) groups is 3. The fourth-order valence-corrected chi connectivity index (χ4v) is 4.57. The topological polar surface area (TPSA) is 72.9 Å². The monoisotopic (exact) mass is 367 g/mol. The van der Waals surface area contributed by atoms with E-state index < -0.39 is 30.2 Å². The summed E-state index contributed by atoms with van der Waals surface area (Å²) in [6.45, 7) is 1.44. The number of thioether (sulfide) groups is 1. The minimum Gasteiger partial charge on any atom is -0.494 e. The van der Waals surface area contributed by atoms with Gasteiger partial charge in [0, 0.05) is 17.7 Å². The molecule has 1 aromatic rings. The van der Waals surface area contributed by atoms with Crippen LogP contribution in [0, 0.1) is 5.82 Å². The molecule has 6 nitrogen and oxygen atoms in total. The van der Waals surface area contributed by atoms with E-state index in [4.69, 9.17) is 9.47 Å². The van der Waals surface area contributed by atoms with Crippen LogP contribution in [0.4, 0.5) is 4.39 Å². The summed E-state index contributed by atoms with van der Waals surface area (Å²) in [7, 11) is 1.33. The van der Waals surface area contributed by atoms with Gasteiger partial charge in [0.1, 0.15) is 6.04 Å². The van der Waals surface area contributed by atoms with E-state index >= 15 is 0 Å². The van der Waals surface area contributed by atoms with Gasteiger partial charge in [0.15, 0.2) is 24.0 Å². The number of hydrogen-bond donors (Lipinski definition) is 0. The molecule has 2 aliphatic heterocycles. The summed E-state index contributed by atoms with van der Waals surface area (Å²) in [6.07, 6.45) is 1.11. The second-order valence-corrected chi connectivity index (χ2v) is 7.65. The van der Waals surface area contributed by atoms with Crippen LogP contribution in [0.25, 0.3) is 0 Å². The van der Waals surface area contributed by atoms with Crippen LogP contribution in [0.1, 0.15) is 30.1 Å². The van der Waals surface area contributed by atoms with E-state index in [1.807, 2.05) is 6.92 Å². The van der Waals surface area contributed by atoms with Gasteiger partial charge in [-0.2, -0.15) is 0 Å². The van der Waals surface area contributed by atoms with Crippen molar-refractivity contribution in [3.63, 3.8) is 0 Å². The third kappa shape index (κ3) is 3.22. The fraction of sp³-hybridized carbons (Fsp3) is 0.471. The number of methoxy groups -OCH3 is 1. The maximum absolute atomic E-state index is 13.7. The highest BCUT2D eigenvalue weighted by Crippen LogP contribution is 2.47. The van der Waals surface area contributed by atoms with Gasteiger partial charge in [-0.3, -0.25) is 9.59 Å². The summed E-state index contributed by atoms with van der Waals surface area (Å²) in [4.78, 5) is 37.6. The normalized spacial score (nSPS) is 25.0. The molecule has 8 heteroatoms. The largest absolute Gasteiger partial charge is 0.494 e. The van der Waals surface area contributed by atoms with Crippen molar-refractivity contribution in [3.05, 3.63) is 29.6 Å². The smallest absolute Gasteiger partial charge is 0.330 e. The van der Waals surface area contributed by atoms with Crippen LogP contribution >= 0.6 is 11.8 Å². The summed E-state index contributed by atoms with van der Waals surface area (Å²) in [5.41, 5.74) is 0.0917. The number of hydrogen-bond acceptors (Lipinski definition) is 6. The summed E-state index contributed by atoms with van der Waals surface area (Å²) in [6, 6.07) is 3.11. The Bertz CT molecular complexity index is 740. The van der Waals surface area contributed by atoms with E-state index in [2.05, 4.69) is 0 Å². The van der Waals surface area contributed by atoms with E-state index in [1.165, 1.54) is 19.2 Å². The molecule has 0 spiro atoms. The predicted molar refractivity (Wildman–Crippen MR) is 89.0 cm³/mol. The van der Waals surface area contributed by atoms with Crippen LogP contribution in [-0.2, 0) is 14.3 Å². The van der Waals surface area contributed by atoms with Gasteiger partial charge in [0.25, 0.3) is 0 Å². The van der Waals surface area contributed by atoms with Crippen molar-refractivity contribution in [2.75, 3.05) is 19.5 Å². The van der Waals surface area contributed by atoms with E-state index in [1.54, 1.807) is 16.7 Å². The number of ether oxygens (including phenoxy) is 2. The van der Waals surface area contributed by atoms with Crippen LogP contribution in [0.2, 0.25) is 0 Å². The van der Waals surface area contributed by atoms with Crippen molar-refractivity contribution in [3.8, 4) is 5.75 Å². The Morgan fingerprint density at radius 3 is 2.88 bits per heavy atom. The molecular weight excluding hydrogens is 349 g/mol. The number of ketones is 1. The molecule has 1 aromatic carbocycles. The lowest BCUT2D eigenvalue weighted by Gasteiger charge is -2.29. The van der Waals surface area contributed by atoms with E-state index in [0.29, 0.717) is 18.6 Å². The van der Waals surface area contributed by atoms with Crippen molar-refractivity contribution in [1.82, 2.24) is 4.90 Å². The summed E-state index contributed by atoms with van der Waals surface area (Å²) < 4.78 is 23.5. The average molecular weight is 367 g/mol. The minimum atomic E-state index is -0.676. The third-order valence-corrected chi connectivity index (χ3v) is 6.04. The molecule has 25 heavy (non-hydrogen) atoms. The number of esters is 1. The van der Waals surface area contributed by atoms with Gasteiger partial charge in [0.2, 0.25) is 5.91 Å². The lowest BCUT2D eigenvalue weighted by molar-refractivity contribution is -0.152. The van der Waals surface area contributed by atoms with Crippen LogP contribution in [0.15, 0.2) is 18.2 Å². The van der Waals surface area contributed by atoms with Crippen LogP contribution < -0.4 is 4.74 Å². The summed E-state index contributed by atoms with van der Waals surface area (Å²) in [5, 5.41) is 0. The molecular formula is C17H18FNO5S. The van der Waals surface area contributed by atoms with Gasteiger partial charge in [0.05, 0.1) is 12.0 Å². The van der Waals surface area contributed by atoms with Gasteiger partial charge >= 0.3 is 5.97 Å².